The zero-order chi connectivity index (χ0) is 11.5. The van der Waals surface area contributed by atoms with Gasteiger partial charge in [-0.05, 0) is 24.1 Å². The number of benzene rings is 1. The predicted octanol–water partition coefficient (Wildman–Crippen LogP) is 3.64. The van der Waals surface area contributed by atoms with Crippen LogP contribution in [-0.2, 0) is 6.42 Å². The maximum absolute atomic E-state index is 5.81. The van der Waals surface area contributed by atoms with Crippen molar-refractivity contribution in [3.63, 3.8) is 0 Å². The van der Waals surface area contributed by atoms with Gasteiger partial charge in [-0.25, -0.2) is 0 Å². The van der Waals surface area contributed by atoms with Crippen molar-refractivity contribution in [3.8, 4) is 11.1 Å². The Bertz CT molecular complexity index is 494. The van der Waals surface area contributed by atoms with Crippen LogP contribution in [0.4, 0.5) is 5.88 Å². The van der Waals surface area contributed by atoms with E-state index in [1.54, 1.807) is 0 Å². The number of nitrogens with two attached hydrogens (primary N) is 1. The Morgan fingerprint density at radius 2 is 2.25 bits per heavy atom. The average Bonchev–Trinajstić information content (AvgIpc) is 2.60. The molecule has 0 unspecified atom stereocenters. The van der Waals surface area contributed by atoms with Gasteiger partial charge in [-0.15, -0.1) is 0 Å². The SMILES string of the molecule is CCCc1noc(N)c1-c1cccc(Br)c1. The first kappa shape index (κ1) is 11.2. The molecule has 84 valence electrons. The van der Waals surface area contributed by atoms with E-state index >= 15 is 0 Å². The molecule has 0 aliphatic carbocycles. The first-order valence-corrected chi connectivity index (χ1v) is 6.01. The number of aryl methyl sites for hydroxylation is 1. The summed E-state index contributed by atoms with van der Waals surface area (Å²) in [5.74, 6) is 0.390. The molecule has 0 bridgehead atoms. The fourth-order valence-corrected chi connectivity index (χ4v) is 2.10. The van der Waals surface area contributed by atoms with E-state index in [2.05, 4.69) is 28.0 Å². The molecule has 4 heteroatoms. The van der Waals surface area contributed by atoms with Crippen LogP contribution in [0.2, 0.25) is 0 Å². The average molecular weight is 281 g/mol. The molecule has 0 aliphatic heterocycles. The van der Waals surface area contributed by atoms with E-state index in [0.717, 1.165) is 34.1 Å². The summed E-state index contributed by atoms with van der Waals surface area (Å²) >= 11 is 3.44. The van der Waals surface area contributed by atoms with Gasteiger partial charge >= 0.3 is 0 Å². The quantitative estimate of drug-likeness (QED) is 0.934. The lowest BCUT2D eigenvalue weighted by Gasteiger charge is -2.02. The maximum atomic E-state index is 5.81. The van der Waals surface area contributed by atoms with Gasteiger partial charge in [0.25, 0.3) is 0 Å². The highest BCUT2D eigenvalue weighted by Crippen LogP contribution is 2.31. The van der Waals surface area contributed by atoms with E-state index in [4.69, 9.17) is 10.3 Å². The molecule has 2 aromatic rings. The Kier molecular flexibility index (Phi) is 3.29. The molecule has 0 saturated heterocycles. The summed E-state index contributed by atoms with van der Waals surface area (Å²) in [6.07, 6.45) is 1.90. The Labute approximate surface area is 103 Å². The molecule has 1 heterocycles. The lowest BCUT2D eigenvalue weighted by atomic mass is 10.0. The molecule has 0 amide bonds. The van der Waals surface area contributed by atoms with Crippen molar-refractivity contribution in [2.24, 2.45) is 0 Å². The number of rotatable bonds is 3. The monoisotopic (exact) mass is 280 g/mol. The minimum Gasteiger partial charge on any atom is -0.367 e. The Morgan fingerprint density at radius 1 is 1.44 bits per heavy atom. The molecule has 2 N–H and O–H groups in total. The molecular formula is C12H13BrN2O. The van der Waals surface area contributed by atoms with E-state index in [-0.39, 0.29) is 0 Å². The molecular weight excluding hydrogens is 268 g/mol. The smallest absolute Gasteiger partial charge is 0.230 e. The second-order valence-electron chi connectivity index (χ2n) is 3.63. The summed E-state index contributed by atoms with van der Waals surface area (Å²) in [4.78, 5) is 0. The standard InChI is InChI=1S/C12H13BrN2O/c1-2-4-10-11(12(14)16-15-10)8-5-3-6-9(13)7-8/h3,5-7H,2,4,14H2,1H3. The summed E-state index contributed by atoms with van der Waals surface area (Å²) in [5, 5.41) is 4.00. The normalized spacial score (nSPS) is 10.6. The van der Waals surface area contributed by atoms with Crippen molar-refractivity contribution in [1.29, 1.82) is 0 Å². The van der Waals surface area contributed by atoms with Crippen LogP contribution in [0.15, 0.2) is 33.3 Å². The molecule has 0 atom stereocenters. The van der Waals surface area contributed by atoms with Crippen LogP contribution in [-0.4, -0.2) is 5.16 Å². The number of anilines is 1. The molecule has 0 aliphatic rings. The van der Waals surface area contributed by atoms with Crippen LogP contribution >= 0.6 is 15.9 Å². The zero-order valence-corrected chi connectivity index (χ0v) is 10.6. The highest BCUT2D eigenvalue weighted by Gasteiger charge is 2.14. The molecule has 0 fully saturated rings. The molecule has 3 nitrogen and oxygen atoms in total. The first-order valence-electron chi connectivity index (χ1n) is 5.22. The van der Waals surface area contributed by atoms with Gasteiger partial charge in [-0.2, -0.15) is 0 Å². The van der Waals surface area contributed by atoms with Gasteiger partial charge in [0, 0.05) is 4.47 Å². The van der Waals surface area contributed by atoms with Gasteiger partial charge in [0.2, 0.25) is 5.88 Å². The summed E-state index contributed by atoms with van der Waals surface area (Å²) in [5.41, 5.74) is 8.70. The Hall–Kier alpha value is -1.29. The predicted molar refractivity (Wildman–Crippen MR) is 68.0 cm³/mol. The number of hydrogen-bond donors (Lipinski definition) is 1. The number of aromatic nitrogens is 1. The second kappa shape index (κ2) is 4.70. The molecule has 0 radical (unpaired) electrons. The maximum Gasteiger partial charge on any atom is 0.230 e. The van der Waals surface area contributed by atoms with Crippen molar-refractivity contribution in [1.82, 2.24) is 5.16 Å². The molecule has 16 heavy (non-hydrogen) atoms. The second-order valence-corrected chi connectivity index (χ2v) is 4.54. The third-order valence-corrected chi connectivity index (χ3v) is 2.88. The number of nitrogen functional groups attached to an aromatic ring is 1. The van der Waals surface area contributed by atoms with Crippen LogP contribution in [0.1, 0.15) is 19.0 Å². The summed E-state index contributed by atoms with van der Waals surface area (Å²) < 4.78 is 6.08. The van der Waals surface area contributed by atoms with Gasteiger partial charge in [-0.1, -0.05) is 46.6 Å². The van der Waals surface area contributed by atoms with Crippen LogP contribution in [0, 0.1) is 0 Å². The van der Waals surface area contributed by atoms with Gasteiger partial charge in [0.05, 0.1) is 11.3 Å². The van der Waals surface area contributed by atoms with Crippen molar-refractivity contribution in [3.05, 3.63) is 34.4 Å². The van der Waals surface area contributed by atoms with Crippen LogP contribution < -0.4 is 5.73 Å². The fourth-order valence-electron chi connectivity index (χ4n) is 1.70. The third-order valence-electron chi connectivity index (χ3n) is 2.39. The van der Waals surface area contributed by atoms with Gasteiger partial charge < -0.3 is 10.3 Å². The van der Waals surface area contributed by atoms with Gasteiger partial charge in [0.1, 0.15) is 0 Å². The van der Waals surface area contributed by atoms with E-state index in [9.17, 15) is 0 Å². The van der Waals surface area contributed by atoms with Crippen LogP contribution in [0.5, 0.6) is 0 Å². The summed E-state index contributed by atoms with van der Waals surface area (Å²) in [6.45, 7) is 2.11. The first-order chi connectivity index (χ1) is 7.72. The van der Waals surface area contributed by atoms with Crippen molar-refractivity contribution in [2.75, 3.05) is 5.73 Å². The number of hydrogen-bond acceptors (Lipinski definition) is 3. The van der Waals surface area contributed by atoms with Crippen LogP contribution in [0.3, 0.4) is 0 Å². The van der Waals surface area contributed by atoms with Gasteiger partial charge in [0.15, 0.2) is 0 Å². The van der Waals surface area contributed by atoms with E-state index in [1.807, 2.05) is 24.3 Å². The number of halogens is 1. The largest absolute Gasteiger partial charge is 0.367 e. The minimum absolute atomic E-state index is 0.390. The van der Waals surface area contributed by atoms with Crippen molar-refractivity contribution >= 4 is 21.8 Å². The molecule has 0 spiro atoms. The minimum atomic E-state index is 0.390. The van der Waals surface area contributed by atoms with E-state index in [0.29, 0.717) is 5.88 Å². The molecule has 0 saturated carbocycles. The van der Waals surface area contributed by atoms with E-state index < -0.39 is 0 Å². The highest BCUT2D eigenvalue weighted by atomic mass is 79.9. The summed E-state index contributed by atoms with van der Waals surface area (Å²) in [7, 11) is 0. The lowest BCUT2D eigenvalue weighted by Crippen LogP contribution is -1.90. The van der Waals surface area contributed by atoms with Gasteiger partial charge in [-0.3, -0.25) is 0 Å². The lowest BCUT2D eigenvalue weighted by molar-refractivity contribution is 0.427. The highest BCUT2D eigenvalue weighted by molar-refractivity contribution is 9.10. The molecule has 2 rings (SSSR count). The molecule has 1 aromatic carbocycles. The van der Waals surface area contributed by atoms with Crippen molar-refractivity contribution in [2.45, 2.75) is 19.8 Å². The van der Waals surface area contributed by atoms with Crippen LogP contribution in [0.25, 0.3) is 11.1 Å². The molecule has 1 aromatic heterocycles. The summed E-state index contributed by atoms with van der Waals surface area (Å²) in [6, 6.07) is 7.98. The number of nitrogens with zero attached hydrogens (tertiary/aromatic N) is 1. The topological polar surface area (TPSA) is 52.0 Å². The fraction of sp³-hybridized carbons (Fsp3) is 0.250. The Morgan fingerprint density at radius 3 is 2.94 bits per heavy atom. The zero-order valence-electron chi connectivity index (χ0n) is 9.03. The van der Waals surface area contributed by atoms with Crippen molar-refractivity contribution < 1.29 is 4.52 Å². The Balaban J connectivity index is 2.50. The third kappa shape index (κ3) is 2.11. The van der Waals surface area contributed by atoms with E-state index in [1.165, 1.54) is 0 Å².